The summed E-state index contributed by atoms with van der Waals surface area (Å²) >= 11 is 6.04. The molecule has 2 N–H and O–H groups in total. The zero-order chi connectivity index (χ0) is 11.5. The van der Waals surface area contributed by atoms with Gasteiger partial charge in [0.05, 0.1) is 6.20 Å². The number of hydrogen-bond donors (Lipinski definition) is 2. The molecule has 0 amide bonds. The number of nitrogens with zero attached hydrogens (tertiary/aromatic N) is 2. The van der Waals surface area contributed by atoms with Crippen LogP contribution in [0.4, 0.5) is 11.8 Å². The molecule has 0 aromatic carbocycles. The second-order valence-electron chi connectivity index (χ2n) is 4.08. The van der Waals surface area contributed by atoms with Crippen molar-refractivity contribution < 1.29 is 0 Å². The molecule has 1 saturated carbocycles. The molecule has 16 heavy (non-hydrogen) atoms. The lowest BCUT2D eigenvalue weighted by atomic mass is 10.3. The summed E-state index contributed by atoms with van der Waals surface area (Å²) in [6.45, 7) is 5.03. The van der Waals surface area contributed by atoms with E-state index >= 15 is 0 Å². The fourth-order valence-corrected chi connectivity index (χ4v) is 1.91. The van der Waals surface area contributed by atoms with Gasteiger partial charge in [0.25, 0.3) is 0 Å². The lowest BCUT2D eigenvalue weighted by molar-refractivity contribution is 0.773. The summed E-state index contributed by atoms with van der Waals surface area (Å²) in [5.74, 6) is 2.14. The van der Waals surface area contributed by atoms with Crippen LogP contribution in [0.25, 0.3) is 0 Å². The first-order valence-corrected chi connectivity index (χ1v) is 6.15. The number of anilines is 2. The Balaban J connectivity index is 2.04. The van der Waals surface area contributed by atoms with Crippen molar-refractivity contribution in [2.75, 3.05) is 17.2 Å². The van der Waals surface area contributed by atoms with Crippen LogP contribution in [0.5, 0.6) is 0 Å². The van der Waals surface area contributed by atoms with Crippen LogP contribution in [0.1, 0.15) is 26.7 Å². The quantitative estimate of drug-likeness (QED) is 0.831. The summed E-state index contributed by atoms with van der Waals surface area (Å²) in [6, 6.07) is 0.534. The average molecular weight is 241 g/mol. The first-order chi connectivity index (χ1) is 7.74. The summed E-state index contributed by atoms with van der Waals surface area (Å²) in [5, 5.41) is 7.02. The Hall–Kier alpha value is -1.03. The van der Waals surface area contributed by atoms with Gasteiger partial charge in [0.2, 0.25) is 5.95 Å². The monoisotopic (exact) mass is 240 g/mol. The molecule has 1 aromatic heterocycles. The molecular formula is C11H17ClN4. The number of rotatable bonds is 5. The predicted octanol–water partition coefficient (Wildman–Crippen LogP) is 2.77. The number of halogens is 1. The highest BCUT2D eigenvalue weighted by Gasteiger charge is 2.35. The van der Waals surface area contributed by atoms with Gasteiger partial charge >= 0.3 is 0 Å². The van der Waals surface area contributed by atoms with Crippen molar-refractivity contribution in [2.45, 2.75) is 32.7 Å². The third-order valence-electron chi connectivity index (χ3n) is 2.85. The third kappa shape index (κ3) is 2.55. The minimum Gasteiger partial charge on any atom is -0.366 e. The Bertz CT molecular complexity index is 369. The maximum absolute atomic E-state index is 6.04. The second kappa shape index (κ2) is 4.87. The smallest absolute Gasteiger partial charge is 0.224 e. The molecule has 0 radical (unpaired) electrons. The minimum absolute atomic E-state index is 0.534. The van der Waals surface area contributed by atoms with Crippen LogP contribution in [0, 0.1) is 5.92 Å². The van der Waals surface area contributed by atoms with E-state index in [1.165, 1.54) is 12.8 Å². The van der Waals surface area contributed by atoms with Crippen molar-refractivity contribution in [2.24, 2.45) is 5.92 Å². The van der Waals surface area contributed by atoms with Crippen molar-refractivity contribution in [3.8, 4) is 0 Å². The molecule has 2 atom stereocenters. The van der Waals surface area contributed by atoms with Gasteiger partial charge in [0.15, 0.2) is 5.82 Å². The molecular weight excluding hydrogens is 224 g/mol. The molecule has 1 fully saturated rings. The Morgan fingerprint density at radius 1 is 1.50 bits per heavy atom. The van der Waals surface area contributed by atoms with Gasteiger partial charge in [0, 0.05) is 12.6 Å². The summed E-state index contributed by atoms with van der Waals surface area (Å²) in [4.78, 5) is 8.45. The molecule has 1 aliphatic rings. The van der Waals surface area contributed by atoms with E-state index in [1.54, 1.807) is 6.20 Å². The van der Waals surface area contributed by atoms with Gasteiger partial charge in [-0.15, -0.1) is 0 Å². The van der Waals surface area contributed by atoms with Crippen LogP contribution < -0.4 is 10.6 Å². The Labute approximate surface area is 101 Å². The van der Waals surface area contributed by atoms with Crippen molar-refractivity contribution in [3.05, 3.63) is 11.2 Å². The number of hydrogen-bond acceptors (Lipinski definition) is 4. The third-order valence-corrected chi connectivity index (χ3v) is 3.12. The highest BCUT2D eigenvalue weighted by atomic mass is 35.5. The first-order valence-electron chi connectivity index (χ1n) is 5.77. The zero-order valence-corrected chi connectivity index (χ0v) is 10.4. The van der Waals surface area contributed by atoms with E-state index in [0.717, 1.165) is 18.3 Å². The van der Waals surface area contributed by atoms with Crippen LogP contribution in [-0.4, -0.2) is 22.6 Å². The van der Waals surface area contributed by atoms with Crippen LogP contribution in [-0.2, 0) is 0 Å². The summed E-state index contributed by atoms with van der Waals surface area (Å²) < 4.78 is 0. The molecule has 0 saturated heterocycles. The summed E-state index contributed by atoms with van der Waals surface area (Å²) in [7, 11) is 0. The maximum Gasteiger partial charge on any atom is 0.224 e. The molecule has 1 aromatic rings. The standard InChI is InChI=1S/C11H17ClN4/c1-3-7-5-9(7)15-10-8(12)6-14-11(16-10)13-4-2/h6-7,9H,3-5H2,1-2H3,(H2,13,14,15,16). The van der Waals surface area contributed by atoms with Gasteiger partial charge in [-0.1, -0.05) is 24.9 Å². The van der Waals surface area contributed by atoms with Gasteiger partial charge < -0.3 is 10.6 Å². The Morgan fingerprint density at radius 2 is 2.31 bits per heavy atom. The number of aromatic nitrogens is 2. The van der Waals surface area contributed by atoms with Crippen molar-refractivity contribution in [3.63, 3.8) is 0 Å². The summed E-state index contributed by atoms with van der Waals surface area (Å²) in [6.07, 6.45) is 4.06. The Morgan fingerprint density at radius 3 is 2.94 bits per heavy atom. The molecule has 4 nitrogen and oxygen atoms in total. The highest BCUT2D eigenvalue weighted by Crippen LogP contribution is 2.37. The molecule has 1 aliphatic carbocycles. The zero-order valence-electron chi connectivity index (χ0n) is 9.63. The molecule has 0 aliphatic heterocycles. The van der Waals surface area contributed by atoms with Gasteiger partial charge in [-0.25, -0.2) is 4.98 Å². The molecule has 88 valence electrons. The Kier molecular flexibility index (Phi) is 3.49. The molecule has 2 unspecified atom stereocenters. The number of nitrogens with one attached hydrogen (secondary N) is 2. The van der Waals surface area contributed by atoms with Crippen molar-refractivity contribution in [1.82, 2.24) is 9.97 Å². The summed E-state index contributed by atoms with van der Waals surface area (Å²) in [5.41, 5.74) is 0. The molecule has 2 rings (SSSR count). The van der Waals surface area contributed by atoms with E-state index in [0.29, 0.717) is 17.0 Å². The SMILES string of the molecule is CCNc1ncc(Cl)c(NC2CC2CC)n1. The normalized spacial score (nSPS) is 22.9. The maximum atomic E-state index is 6.04. The largest absolute Gasteiger partial charge is 0.366 e. The van der Waals surface area contributed by atoms with E-state index in [9.17, 15) is 0 Å². The first kappa shape index (κ1) is 11.5. The lowest BCUT2D eigenvalue weighted by Gasteiger charge is -2.08. The predicted molar refractivity (Wildman–Crippen MR) is 67.0 cm³/mol. The topological polar surface area (TPSA) is 49.8 Å². The molecule has 0 spiro atoms. The van der Waals surface area contributed by atoms with E-state index in [4.69, 9.17) is 11.6 Å². The second-order valence-corrected chi connectivity index (χ2v) is 4.48. The van der Waals surface area contributed by atoms with E-state index in [2.05, 4.69) is 27.5 Å². The van der Waals surface area contributed by atoms with E-state index < -0.39 is 0 Å². The molecule has 0 bridgehead atoms. The van der Waals surface area contributed by atoms with Crippen LogP contribution in [0.2, 0.25) is 5.02 Å². The van der Waals surface area contributed by atoms with E-state index in [1.807, 2.05) is 6.92 Å². The van der Waals surface area contributed by atoms with E-state index in [-0.39, 0.29) is 0 Å². The molecule has 5 heteroatoms. The van der Waals surface area contributed by atoms with Gasteiger partial charge in [0.1, 0.15) is 5.02 Å². The fraction of sp³-hybridized carbons (Fsp3) is 0.636. The minimum atomic E-state index is 0.534. The van der Waals surface area contributed by atoms with Crippen LogP contribution in [0.3, 0.4) is 0 Å². The van der Waals surface area contributed by atoms with Gasteiger partial charge in [-0.2, -0.15) is 4.98 Å². The van der Waals surface area contributed by atoms with Crippen LogP contribution in [0.15, 0.2) is 6.20 Å². The lowest BCUT2D eigenvalue weighted by Crippen LogP contribution is -2.09. The fourth-order valence-electron chi connectivity index (χ4n) is 1.76. The average Bonchev–Trinajstić information content (AvgIpc) is 3.02. The van der Waals surface area contributed by atoms with Gasteiger partial charge in [-0.3, -0.25) is 0 Å². The van der Waals surface area contributed by atoms with Crippen LogP contribution >= 0.6 is 11.6 Å². The van der Waals surface area contributed by atoms with Crippen molar-refractivity contribution in [1.29, 1.82) is 0 Å². The van der Waals surface area contributed by atoms with Gasteiger partial charge in [-0.05, 0) is 19.3 Å². The highest BCUT2D eigenvalue weighted by molar-refractivity contribution is 6.32. The molecule has 1 heterocycles. The van der Waals surface area contributed by atoms with Crippen molar-refractivity contribution >= 4 is 23.4 Å².